The molecule has 1 aromatic heterocycles. The van der Waals surface area contributed by atoms with Gasteiger partial charge >= 0.3 is 0 Å². The average molecular weight is 456 g/mol. The monoisotopic (exact) mass is 455 g/mol. The number of rotatable bonds is 7. The lowest BCUT2D eigenvalue weighted by Gasteiger charge is -2.31. The van der Waals surface area contributed by atoms with Gasteiger partial charge in [-0.3, -0.25) is 4.79 Å². The van der Waals surface area contributed by atoms with Crippen LogP contribution in [0.1, 0.15) is 37.3 Å². The molecule has 1 fully saturated rings. The van der Waals surface area contributed by atoms with Gasteiger partial charge in [-0.25, -0.2) is 13.1 Å². The summed E-state index contributed by atoms with van der Waals surface area (Å²) in [5.74, 6) is -0.470. The molecule has 1 N–H and O–H groups in total. The van der Waals surface area contributed by atoms with Crippen LogP contribution in [0.5, 0.6) is 0 Å². The first-order valence-electron chi connectivity index (χ1n) is 11.0. The Morgan fingerprint density at radius 3 is 2.84 bits per heavy atom. The van der Waals surface area contributed by atoms with E-state index in [2.05, 4.69) is 22.6 Å². The van der Waals surface area contributed by atoms with Gasteiger partial charge < -0.3 is 5.32 Å². The maximum Gasteiger partial charge on any atom is 0.243 e. The topological polar surface area (TPSA) is 97.2 Å². The molecule has 0 aliphatic carbocycles. The second-order valence-corrected chi connectivity index (χ2v) is 10.3. The smallest absolute Gasteiger partial charge is 0.243 e. The van der Waals surface area contributed by atoms with Gasteiger partial charge in [0, 0.05) is 26.2 Å². The predicted octanol–water partition coefficient (Wildman–Crippen LogP) is 2.87. The molecule has 0 unspecified atom stereocenters. The fourth-order valence-corrected chi connectivity index (χ4v) is 5.71. The molecule has 0 radical (unpaired) electrons. The highest BCUT2D eigenvalue weighted by Gasteiger charge is 2.33. The van der Waals surface area contributed by atoms with E-state index in [1.165, 1.54) is 4.31 Å². The number of aromatic nitrogens is 3. The number of amides is 1. The van der Waals surface area contributed by atoms with E-state index in [1.807, 2.05) is 31.2 Å². The summed E-state index contributed by atoms with van der Waals surface area (Å²) in [5, 5.41) is 11.2. The number of piperidine rings is 1. The summed E-state index contributed by atoms with van der Waals surface area (Å²) in [4.78, 5) is 12.9. The SMILES string of the molecule is CCCn1nnc2cc(S(=O)(=O)N3CCC[C@H](C(=O)NCc4cccc(C)c4)C3)ccc21. The number of aryl methyl sites for hydroxylation is 2. The summed E-state index contributed by atoms with van der Waals surface area (Å²) in [6.07, 6.45) is 2.24. The Morgan fingerprint density at radius 1 is 1.22 bits per heavy atom. The van der Waals surface area contributed by atoms with Crippen LogP contribution in [0.2, 0.25) is 0 Å². The Hall–Kier alpha value is -2.78. The summed E-state index contributed by atoms with van der Waals surface area (Å²) in [6.45, 7) is 5.82. The minimum atomic E-state index is -3.72. The van der Waals surface area contributed by atoms with E-state index in [9.17, 15) is 13.2 Å². The minimum Gasteiger partial charge on any atom is -0.352 e. The molecule has 170 valence electrons. The van der Waals surface area contributed by atoms with Gasteiger partial charge in [0.25, 0.3) is 0 Å². The van der Waals surface area contributed by atoms with Crippen molar-refractivity contribution in [3.05, 3.63) is 53.6 Å². The quantitative estimate of drug-likeness (QED) is 0.591. The predicted molar refractivity (Wildman–Crippen MR) is 122 cm³/mol. The first kappa shape index (κ1) is 22.4. The van der Waals surface area contributed by atoms with Crippen molar-refractivity contribution >= 4 is 27.0 Å². The van der Waals surface area contributed by atoms with Crippen LogP contribution in [0.3, 0.4) is 0 Å². The standard InChI is InChI=1S/C23H29N5O3S/c1-3-11-28-22-10-9-20(14-21(22)25-26-28)32(30,31)27-12-5-8-19(16-27)23(29)24-15-18-7-4-6-17(2)13-18/h4,6-7,9-10,13-14,19H,3,5,8,11-12,15-16H2,1-2H3,(H,24,29)/t19-/m0/s1. The van der Waals surface area contributed by atoms with Crippen LogP contribution in [0.15, 0.2) is 47.4 Å². The fourth-order valence-electron chi connectivity index (χ4n) is 4.17. The molecule has 1 amide bonds. The minimum absolute atomic E-state index is 0.107. The van der Waals surface area contributed by atoms with Crippen LogP contribution in [0, 0.1) is 12.8 Å². The highest BCUT2D eigenvalue weighted by Crippen LogP contribution is 2.26. The fraction of sp³-hybridized carbons (Fsp3) is 0.435. The van der Waals surface area contributed by atoms with Gasteiger partial charge in [-0.1, -0.05) is 42.0 Å². The first-order valence-corrected chi connectivity index (χ1v) is 12.5. The van der Waals surface area contributed by atoms with Crippen LogP contribution in [0.4, 0.5) is 0 Å². The lowest BCUT2D eigenvalue weighted by molar-refractivity contribution is -0.126. The van der Waals surface area contributed by atoms with Gasteiger partial charge in [-0.2, -0.15) is 4.31 Å². The molecular weight excluding hydrogens is 426 g/mol. The summed E-state index contributed by atoms with van der Waals surface area (Å²) in [6, 6.07) is 12.9. The Kier molecular flexibility index (Phi) is 6.57. The zero-order valence-corrected chi connectivity index (χ0v) is 19.3. The number of hydrogen-bond donors (Lipinski definition) is 1. The van der Waals surface area contributed by atoms with Crippen LogP contribution < -0.4 is 5.32 Å². The van der Waals surface area contributed by atoms with Gasteiger partial charge in [-0.15, -0.1) is 5.10 Å². The second kappa shape index (κ2) is 9.38. The van der Waals surface area contributed by atoms with Crippen molar-refractivity contribution < 1.29 is 13.2 Å². The third-order valence-corrected chi connectivity index (χ3v) is 7.72. The average Bonchev–Trinajstić information content (AvgIpc) is 3.20. The number of benzene rings is 2. The van der Waals surface area contributed by atoms with E-state index in [1.54, 1.807) is 22.9 Å². The third kappa shape index (κ3) is 4.68. The summed E-state index contributed by atoms with van der Waals surface area (Å²) < 4.78 is 29.8. The molecular formula is C23H29N5O3S. The maximum atomic E-state index is 13.3. The molecule has 0 spiro atoms. The molecule has 0 saturated carbocycles. The van der Waals surface area contributed by atoms with E-state index in [-0.39, 0.29) is 23.3 Å². The molecule has 3 aromatic rings. The lowest BCUT2D eigenvalue weighted by atomic mass is 9.98. The molecule has 1 aliphatic heterocycles. The Labute approximate surface area is 188 Å². The molecule has 1 aliphatic rings. The lowest BCUT2D eigenvalue weighted by Crippen LogP contribution is -2.45. The van der Waals surface area contributed by atoms with Crippen molar-refractivity contribution in [1.29, 1.82) is 0 Å². The molecule has 2 heterocycles. The van der Waals surface area contributed by atoms with Gasteiger partial charge in [0.15, 0.2) is 0 Å². The van der Waals surface area contributed by atoms with Crippen molar-refractivity contribution in [2.75, 3.05) is 13.1 Å². The van der Waals surface area contributed by atoms with E-state index < -0.39 is 10.0 Å². The highest BCUT2D eigenvalue weighted by atomic mass is 32.2. The van der Waals surface area contributed by atoms with Crippen molar-refractivity contribution in [2.24, 2.45) is 5.92 Å². The molecule has 32 heavy (non-hydrogen) atoms. The first-order chi connectivity index (χ1) is 15.4. The van der Waals surface area contributed by atoms with Crippen LogP contribution >= 0.6 is 0 Å². The number of sulfonamides is 1. The van der Waals surface area contributed by atoms with Crippen molar-refractivity contribution in [1.82, 2.24) is 24.6 Å². The second-order valence-electron chi connectivity index (χ2n) is 8.37. The summed E-state index contributed by atoms with van der Waals surface area (Å²) >= 11 is 0. The van der Waals surface area contributed by atoms with Gasteiger partial charge in [0.2, 0.25) is 15.9 Å². The Morgan fingerprint density at radius 2 is 2.06 bits per heavy atom. The van der Waals surface area contributed by atoms with Crippen LogP contribution in [-0.2, 0) is 27.9 Å². The van der Waals surface area contributed by atoms with E-state index in [0.29, 0.717) is 31.4 Å². The normalized spacial score (nSPS) is 17.5. The number of fused-ring (bicyclic) bond motifs is 1. The zero-order chi connectivity index (χ0) is 22.7. The van der Waals surface area contributed by atoms with E-state index in [4.69, 9.17) is 0 Å². The van der Waals surface area contributed by atoms with Gasteiger partial charge in [-0.05, 0) is 49.9 Å². The zero-order valence-electron chi connectivity index (χ0n) is 18.5. The molecule has 1 saturated heterocycles. The molecule has 2 aromatic carbocycles. The van der Waals surface area contributed by atoms with Crippen molar-refractivity contribution in [3.8, 4) is 0 Å². The molecule has 1 atom stereocenters. The third-order valence-electron chi connectivity index (χ3n) is 5.86. The summed E-state index contributed by atoms with van der Waals surface area (Å²) in [5.41, 5.74) is 3.54. The van der Waals surface area contributed by atoms with Crippen molar-refractivity contribution in [3.63, 3.8) is 0 Å². The number of hydrogen-bond acceptors (Lipinski definition) is 5. The Balaban J connectivity index is 1.45. The van der Waals surface area contributed by atoms with Gasteiger partial charge in [0.05, 0.1) is 16.3 Å². The van der Waals surface area contributed by atoms with E-state index in [0.717, 1.165) is 29.6 Å². The molecule has 9 heteroatoms. The highest BCUT2D eigenvalue weighted by molar-refractivity contribution is 7.89. The number of nitrogens with zero attached hydrogens (tertiary/aromatic N) is 4. The summed E-state index contributed by atoms with van der Waals surface area (Å²) in [7, 11) is -3.72. The van der Waals surface area contributed by atoms with E-state index >= 15 is 0 Å². The van der Waals surface area contributed by atoms with Gasteiger partial charge in [0.1, 0.15) is 5.52 Å². The Bertz CT molecular complexity index is 1220. The largest absolute Gasteiger partial charge is 0.352 e. The van der Waals surface area contributed by atoms with Crippen LogP contribution in [-0.4, -0.2) is 46.7 Å². The molecule has 8 nitrogen and oxygen atoms in total. The number of carbonyl (C=O) groups excluding carboxylic acids is 1. The maximum absolute atomic E-state index is 13.3. The molecule has 4 rings (SSSR count). The van der Waals surface area contributed by atoms with Crippen molar-refractivity contribution in [2.45, 2.75) is 51.1 Å². The number of carbonyl (C=O) groups is 1. The van der Waals surface area contributed by atoms with Crippen LogP contribution in [0.25, 0.3) is 11.0 Å². The molecule has 0 bridgehead atoms. The number of nitrogens with one attached hydrogen (secondary N) is 1.